The molecule has 0 aliphatic heterocycles. The summed E-state index contributed by atoms with van der Waals surface area (Å²) in [7, 11) is 1.62. The van der Waals surface area contributed by atoms with Crippen molar-refractivity contribution in [3.63, 3.8) is 0 Å². The molecule has 0 bridgehead atoms. The summed E-state index contributed by atoms with van der Waals surface area (Å²) >= 11 is 1.75. The summed E-state index contributed by atoms with van der Waals surface area (Å²) in [5.74, 6) is 1.54. The molecule has 0 aromatic heterocycles. The smallest absolute Gasteiger partial charge is 0.242 e. The third-order valence-corrected chi connectivity index (χ3v) is 5.84. The van der Waals surface area contributed by atoms with Crippen LogP contribution < -0.4 is 5.32 Å². The number of nitrogens with zero attached hydrogens (tertiary/aromatic N) is 1. The monoisotopic (exact) mass is 398 g/mol. The number of aryl methyl sites for hydroxylation is 1. The molecule has 2 aromatic carbocycles. The van der Waals surface area contributed by atoms with E-state index in [0.29, 0.717) is 19.4 Å². The average molecular weight is 399 g/mol. The topological polar surface area (TPSA) is 49.4 Å². The maximum Gasteiger partial charge on any atom is 0.242 e. The zero-order valence-electron chi connectivity index (χ0n) is 17.0. The lowest BCUT2D eigenvalue weighted by molar-refractivity contribution is -0.140. The Morgan fingerprint density at radius 3 is 2.39 bits per heavy atom. The van der Waals surface area contributed by atoms with Crippen molar-refractivity contribution in [1.82, 2.24) is 10.2 Å². The Hall–Kier alpha value is -2.27. The van der Waals surface area contributed by atoms with E-state index in [1.54, 1.807) is 23.7 Å². The summed E-state index contributed by atoms with van der Waals surface area (Å²) in [6, 6.07) is 17.8. The average Bonchev–Trinajstić information content (AvgIpc) is 2.72. The number of rotatable bonds is 10. The van der Waals surface area contributed by atoms with E-state index in [9.17, 15) is 9.59 Å². The van der Waals surface area contributed by atoms with Crippen LogP contribution in [0.1, 0.15) is 36.5 Å². The van der Waals surface area contributed by atoms with Gasteiger partial charge in [-0.05, 0) is 30.0 Å². The van der Waals surface area contributed by atoms with Gasteiger partial charge in [-0.2, -0.15) is 11.8 Å². The van der Waals surface area contributed by atoms with Gasteiger partial charge in [-0.25, -0.2) is 0 Å². The molecule has 4 nitrogen and oxygen atoms in total. The number of nitrogens with one attached hydrogen (secondary N) is 1. The number of thioether (sulfide) groups is 1. The van der Waals surface area contributed by atoms with Gasteiger partial charge in [-0.15, -0.1) is 0 Å². The Balaban J connectivity index is 2.03. The minimum Gasteiger partial charge on any atom is -0.357 e. The fourth-order valence-electron chi connectivity index (χ4n) is 3.12. The van der Waals surface area contributed by atoms with Crippen LogP contribution in [0.25, 0.3) is 0 Å². The van der Waals surface area contributed by atoms with Crippen molar-refractivity contribution < 1.29 is 9.59 Å². The molecule has 0 saturated carbocycles. The van der Waals surface area contributed by atoms with E-state index < -0.39 is 6.04 Å². The molecule has 0 aliphatic rings. The Kier molecular flexibility index (Phi) is 9.08. The molecule has 0 spiro atoms. The third kappa shape index (κ3) is 6.41. The van der Waals surface area contributed by atoms with Gasteiger partial charge in [0.2, 0.25) is 11.8 Å². The molecule has 28 heavy (non-hydrogen) atoms. The van der Waals surface area contributed by atoms with Gasteiger partial charge in [0.1, 0.15) is 6.04 Å². The fraction of sp³-hybridized carbons (Fsp3) is 0.391. The highest BCUT2D eigenvalue weighted by molar-refractivity contribution is 7.98. The molecule has 0 heterocycles. The number of amides is 2. The summed E-state index contributed by atoms with van der Waals surface area (Å²) in [4.78, 5) is 27.1. The molecular formula is C23H30N2O2S. The first-order valence-electron chi connectivity index (χ1n) is 9.74. The normalized spacial score (nSPS) is 11.7. The predicted octanol–water partition coefficient (Wildman–Crippen LogP) is 4.17. The molecule has 2 rings (SSSR count). The summed E-state index contributed by atoms with van der Waals surface area (Å²) < 4.78 is 0. The minimum atomic E-state index is -0.448. The standard InChI is InChI=1S/C23H30N2O2S/c1-4-21(23(27)24-3)25(16-20-13-9-8-10-18(20)2)22(26)14-15-28-17-19-11-6-5-7-12-19/h5-13,21H,4,14-17H2,1-3H3,(H,24,27)/t21-/m1/s1. The van der Waals surface area contributed by atoms with Gasteiger partial charge < -0.3 is 10.2 Å². The minimum absolute atomic E-state index is 0.0271. The number of hydrogen-bond acceptors (Lipinski definition) is 3. The van der Waals surface area contributed by atoms with Gasteiger partial charge in [-0.1, -0.05) is 61.5 Å². The first kappa shape index (κ1) is 22.0. The van der Waals surface area contributed by atoms with Crippen LogP contribution in [0.3, 0.4) is 0 Å². The van der Waals surface area contributed by atoms with Gasteiger partial charge in [0.25, 0.3) is 0 Å². The van der Waals surface area contributed by atoms with E-state index in [2.05, 4.69) is 17.4 Å². The number of hydrogen-bond donors (Lipinski definition) is 1. The molecule has 2 aromatic rings. The van der Waals surface area contributed by atoms with E-state index in [0.717, 1.165) is 22.6 Å². The van der Waals surface area contributed by atoms with Crippen LogP contribution in [0.4, 0.5) is 0 Å². The predicted molar refractivity (Wildman–Crippen MR) is 117 cm³/mol. The number of benzene rings is 2. The van der Waals surface area contributed by atoms with Crippen molar-refractivity contribution in [2.24, 2.45) is 0 Å². The van der Waals surface area contributed by atoms with Crippen molar-refractivity contribution in [3.8, 4) is 0 Å². The van der Waals surface area contributed by atoms with Crippen molar-refractivity contribution in [3.05, 3.63) is 71.3 Å². The van der Waals surface area contributed by atoms with Crippen molar-refractivity contribution in [2.45, 2.75) is 45.0 Å². The van der Waals surface area contributed by atoms with Crippen molar-refractivity contribution in [2.75, 3.05) is 12.8 Å². The van der Waals surface area contributed by atoms with Crippen LogP contribution in [0.2, 0.25) is 0 Å². The Morgan fingerprint density at radius 2 is 1.75 bits per heavy atom. The zero-order chi connectivity index (χ0) is 20.4. The van der Waals surface area contributed by atoms with E-state index >= 15 is 0 Å². The second-order valence-corrected chi connectivity index (χ2v) is 7.88. The summed E-state index contributed by atoms with van der Waals surface area (Å²) in [6.07, 6.45) is 1.02. The van der Waals surface area contributed by atoms with E-state index in [1.165, 1.54) is 5.56 Å². The van der Waals surface area contributed by atoms with Crippen LogP contribution in [0.5, 0.6) is 0 Å². The van der Waals surface area contributed by atoms with Crippen LogP contribution in [0.15, 0.2) is 54.6 Å². The van der Waals surface area contributed by atoms with Crippen LogP contribution in [-0.4, -0.2) is 35.6 Å². The lowest BCUT2D eigenvalue weighted by Gasteiger charge is -2.30. The molecule has 2 amide bonds. The molecule has 0 unspecified atom stereocenters. The Labute approximate surface area is 172 Å². The van der Waals surface area contributed by atoms with Crippen molar-refractivity contribution in [1.29, 1.82) is 0 Å². The number of carbonyl (C=O) groups excluding carboxylic acids is 2. The first-order chi connectivity index (χ1) is 13.6. The SMILES string of the molecule is CC[C@H](C(=O)NC)N(Cc1ccccc1C)C(=O)CCSCc1ccccc1. The molecule has 1 N–H and O–H groups in total. The molecule has 150 valence electrons. The lowest BCUT2D eigenvalue weighted by Crippen LogP contribution is -2.48. The molecular weight excluding hydrogens is 368 g/mol. The summed E-state index contributed by atoms with van der Waals surface area (Å²) in [6.45, 7) is 4.44. The maximum absolute atomic E-state index is 13.0. The highest BCUT2D eigenvalue weighted by Gasteiger charge is 2.27. The Bertz CT molecular complexity index is 764. The van der Waals surface area contributed by atoms with Crippen molar-refractivity contribution >= 4 is 23.6 Å². The van der Waals surface area contributed by atoms with Crippen LogP contribution in [0, 0.1) is 6.92 Å². The molecule has 0 aliphatic carbocycles. The van der Waals surface area contributed by atoms with Gasteiger partial charge in [0.15, 0.2) is 0 Å². The summed E-state index contributed by atoms with van der Waals surface area (Å²) in [5, 5.41) is 2.70. The first-order valence-corrected chi connectivity index (χ1v) is 10.9. The Morgan fingerprint density at radius 1 is 1.07 bits per heavy atom. The zero-order valence-corrected chi connectivity index (χ0v) is 17.8. The maximum atomic E-state index is 13.0. The van der Waals surface area contributed by atoms with Gasteiger partial charge in [0.05, 0.1) is 0 Å². The summed E-state index contributed by atoms with van der Waals surface area (Å²) in [5.41, 5.74) is 3.47. The quantitative estimate of drug-likeness (QED) is 0.611. The molecule has 5 heteroatoms. The fourth-order valence-corrected chi connectivity index (χ4v) is 4.02. The molecule has 0 fully saturated rings. The molecule has 0 saturated heterocycles. The molecule has 0 radical (unpaired) electrons. The highest BCUT2D eigenvalue weighted by Crippen LogP contribution is 2.18. The van der Waals surface area contributed by atoms with Crippen LogP contribution in [-0.2, 0) is 21.9 Å². The molecule has 1 atom stereocenters. The second-order valence-electron chi connectivity index (χ2n) is 6.77. The van der Waals surface area contributed by atoms with E-state index in [-0.39, 0.29) is 11.8 Å². The highest BCUT2D eigenvalue weighted by atomic mass is 32.2. The van der Waals surface area contributed by atoms with Gasteiger partial charge in [0, 0.05) is 31.5 Å². The number of likely N-dealkylation sites (N-methyl/N-ethyl adjacent to an activating group) is 1. The lowest BCUT2D eigenvalue weighted by atomic mass is 10.1. The third-order valence-electron chi connectivity index (χ3n) is 4.81. The van der Waals surface area contributed by atoms with Crippen LogP contribution >= 0.6 is 11.8 Å². The number of carbonyl (C=O) groups is 2. The van der Waals surface area contributed by atoms with E-state index in [4.69, 9.17) is 0 Å². The van der Waals surface area contributed by atoms with E-state index in [1.807, 2.05) is 56.3 Å². The largest absolute Gasteiger partial charge is 0.357 e. The van der Waals surface area contributed by atoms with Gasteiger partial charge in [-0.3, -0.25) is 9.59 Å². The van der Waals surface area contributed by atoms with Gasteiger partial charge >= 0.3 is 0 Å². The second kappa shape index (κ2) is 11.5.